The summed E-state index contributed by atoms with van der Waals surface area (Å²) >= 11 is 6.06. The lowest BCUT2D eigenvalue weighted by Gasteiger charge is -2.14. The molecule has 0 heterocycles. The second kappa shape index (κ2) is 6.19. The average Bonchev–Trinajstić information content (AvgIpc) is 2.40. The van der Waals surface area contributed by atoms with E-state index in [0.29, 0.717) is 11.7 Å². The third kappa shape index (κ3) is 3.37. The molecule has 0 aliphatic carbocycles. The Morgan fingerprint density at radius 2 is 1.95 bits per heavy atom. The van der Waals surface area contributed by atoms with E-state index in [1.165, 1.54) is 11.6 Å². The number of aromatic carboxylic acids is 1. The molecule has 0 saturated heterocycles. The van der Waals surface area contributed by atoms with E-state index < -0.39 is 5.97 Å². The lowest BCUT2D eigenvalue weighted by molar-refractivity contribution is 0.0694. The summed E-state index contributed by atoms with van der Waals surface area (Å²) < 4.78 is 5.70. The highest BCUT2D eigenvalue weighted by Crippen LogP contribution is 2.34. The molecule has 0 aliphatic heterocycles. The number of halogens is 1. The molecule has 0 amide bonds. The van der Waals surface area contributed by atoms with Gasteiger partial charge in [0.1, 0.15) is 11.3 Å². The van der Waals surface area contributed by atoms with Crippen LogP contribution in [0.2, 0.25) is 5.02 Å². The fraction of sp³-hybridized carbons (Fsp3) is 0.235. The van der Waals surface area contributed by atoms with Crippen molar-refractivity contribution in [2.24, 2.45) is 0 Å². The highest BCUT2D eigenvalue weighted by molar-refractivity contribution is 6.32. The number of carboxylic acids is 1. The van der Waals surface area contributed by atoms with Gasteiger partial charge in [-0.2, -0.15) is 0 Å². The van der Waals surface area contributed by atoms with Crippen molar-refractivity contribution < 1.29 is 14.6 Å². The summed E-state index contributed by atoms with van der Waals surface area (Å²) in [6, 6.07) is 10.4. The van der Waals surface area contributed by atoms with E-state index in [1.807, 2.05) is 25.1 Å². The van der Waals surface area contributed by atoms with Crippen molar-refractivity contribution in [1.29, 1.82) is 0 Å². The van der Waals surface area contributed by atoms with Crippen LogP contribution in [0, 0.1) is 6.92 Å². The van der Waals surface area contributed by atoms with Crippen molar-refractivity contribution in [2.45, 2.75) is 26.7 Å². The first-order valence-corrected chi connectivity index (χ1v) is 7.08. The predicted octanol–water partition coefficient (Wildman–Crippen LogP) is 5.26. The Hall–Kier alpha value is -2.00. The minimum Gasteiger partial charge on any atom is -0.478 e. The number of benzene rings is 2. The van der Waals surface area contributed by atoms with E-state index in [2.05, 4.69) is 13.8 Å². The fourth-order valence-corrected chi connectivity index (χ4v) is 2.47. The zero-order chi connectivity index (χ0) is 15.6. The summed E-state index contributed by atoms with van der Waals surface area (Å²) in [4.78, 5) is 11.2. The van der Waals surface area contributed by atoms with Gasteiger partial charge in [0, 0.05) is 0 Å². The van der Waals surface area contributed by atoms with Gasteiger partial charge in [-0.25, -0.2) is 4.79 Å². The zero-order valence-corrected chi connectivity index (χ0v) is 12.9. The number of rotatable bonds is 4. The quantitative estimate of drug-likeness (QED) is 0.837. The Labute approximate surface area is 129 Å². The minimum atomic E-state index is -1.07. The van der Waals surface area contributed by atoms with Crippen LogP contribution < -0.4 is 4.74 Å². The van der Waals surface area contributed by atoms with Crippen LogP contribution >= 0.6 is 11.6 Å². The summed E-state index contributed by atoms with van der Waals surface area (Å²) in [5, 5.41) is 9.48. The van der Waals surface area contributed by atoms with E-state index in [9.17, 15) is 9.90 Å². The van der Waals surface area contributed by atoms with Gasteiger partial charge >= 0.3 is 5.97 Å². The smallest absolute Gasteiger partial charge is 0.339 e. The summed E-state index contributed by atoms with van der Waals surface area (Å²) in [6.45, 7) is 6.26. The standard InChI is InChI=1S/C17H17ClO3/c1-10(2)13-8-7-12(9-11(13)3)21-16-14(17(19)20)5-4-6-15(16)18/h4-10H,1-3H3,(H,19,20). The Balaban J connectivity index is 2.39. The maximum Gasteiger partial charge on any atom is 0.339 e. The predicted molar refractivity (Wildman–Crippen MR) is 83.8 cm³/mol. The summed E-state index contributed by atoms with van der Waals surface area (Å²) in [5.74, 6) is 0.104. The summed E-state index contributed by atoms with van der Waals surface area (Å²) in [5.41, 5.74) is 2.39. The summed E-state index contributed by atoms with van der Waals surface area (Å²) in [7, 11) is 0. The number of para-hydroxylation sites is 1. The van der Waals surface area contributed by atoms with Gasteiger partial charge in [0.05, 0.1) is 5.02 Å². The molecule has 0 radical (unpaired) electrons. The highest BCUT2D eigenvalue weighted by atomic mass is 35.5. The largest absolute Gasteiger partial charge is 0.478 e. The average molecular weight is 305 g/mol. The Morgan fingerprint density at radius 1 is 1.24 bits per heavy atom. The van der Waals surface area contributed by atoms with E-state index in [4.69, 9.17) is 16.3 Å². The van der Waals surface area contributed by atoms with E-state index >= 15 is 0 Å². The first kappa shape index (κ1) is 15.4. The number of hydrogen-bond acceptors (Lipinski definition) is 2. The van der Waals surface area contributed by atoms with Crippen molar-refractivity contribution in [1.82, 2.24) is 0 Å². The number of carbonyl (C=O) groups is 1. The second-order valence-corrected chi connectivity index (χ2v) is 5.60. The van der Waals surface area contributed by atoms with Gasteiger partial charge in [0.2, 0.25) is 0 Å². The maximum absolute atomic E-state index is 11.2. The molecule has 0 unspecified atom stereocenters. The molecule has 2 aromatic rings. The van der Waals surface area contributed by atoms with Gasteiger partial charge in [-0.05, 0) is 48.2 Å². The van der Waals surface area contributed by atoms with Gasteiger partial charge < -0.3 is 9.84 Å². The third-order valence-corrected chi connectivity index (χ3v) is 3.58. The number of ether oxygens (including phenoxy) is 1. The van der Waals surface area contributed by atoms with Crippen LogP contribution in [0.15, 0.2) is 36.4 Å². The van der Waals surface area contributed by atoms with Gasteiger partial charge in [-0.3, -0.25) is 0 Å². The van der Waals surface area contributed by atoms with E-state index in [0.717, 1.165) is 5.56 Å². The number of aryl methyl sites for hydroxylation is 1. The minimum absolute atomic E-state index is 0.0492. The molecule has 0 aliphatic rings. The topological polar surface area (TPSA) is 46.5 Å². The maximum atomic E-state index is 11.2. The lowest BCUT2D eigenvalue weighted by atomic mass is 9.98. The first-order valence-electron chi connectivity index (χ1n) is 6.70. The van der Waals surface area contributed by atoms with Crippen LogP contribution in [0.3, 0.4) is 0 Å². The van der Waals surface area contributed by atoms with Gasteiger partial charge in [-0.1, -0.05) is 37.6 Å². The first-order chi connectivity index (χ1) is 9.90. The molecular weight excluding hydrogens is 288 g/mol. The molecule has 0 atom stereocenters. The Bertz CT molecular complexity index is 678. The molecular formula is C17H17ClO3. The molecule has 2 rings (SSSR count). The molecule has 21 heavy (non-hydrogen) atoms. The van der Waals surface area contributed by atoms with Crippen LogP contribution in [-0.2, 0) is 0 Å². The molecule has 110 valence electrons. The molecule has 0 fully saturated rings. The number of hydrogen-bond donors (Lipinski definition) is 1. The monoisotopic (exact) mass is 304 g/mol. The van der Waals surface area contributed by atoms with Crippen molar-refractivity contribution in [2.75, 3.05) is 0 Å². The molecule has 3 nitrogen and oxygen atoms in total. The summed E-state index contributed by atoms with van der Waals surface area (Å²) in [6.07, 6.45) is 0. The molecule has 0 aromatic heterocycles. The molecule has 2 aromatic carbocycles. The normalized spacial score (nSPS) is 10.7. The molecule has 4 heteroatoms. The molecule has 1 N–H and O–H groups in total. The third-order valence-electron chi connectivity index (χ3n) is 3.28. The SMILES string of the molecule is Cc1cc(Oc2c(Cl)cccc2C(=O)O)ccc1C(C)C. The van der Waals surface area contributed by atoms with Gasteiger partial charge in [-0.15, -0.1) is 0 Å². The van der Waals surface area contributed by atoms with Crippen LogP contribution in [0.4, 0.5) is 0 Å². The van der Waals surface area contributed by atoms with Crippen molar-refractivity contribution in [3.8, 4) is 11.5 Å². The van der Waals surface area contributed by atoms with Crippen LogP contribution in [0.1, 0.15) is 41.3 Å². The van der Waals surface area contributed by atoms with Gasteiger partial charge in [0.25, 0.3) is 0 Å². The molecule has 0 saturated carbocycles. The van der Waals surface area contributed by atoms with E-state index in [1.54, 1.807) is 12.1 Å². The van der Waals surface area contributed by atoms with Crippen LogP contribution in [0.25, 0.3) is 0 Å². The van der Waals surface area contributed by atoms with Crippen molar-refractivity contribution in [3.05, 3.63) is 58.1 Å². The van der Waals surface area contributed by atoms with Gasteiger partial charge in [0.15, 0.2) is 5.75 Å². The Morgan fingerprint density at radius 3 is 2.52 bits per heavy atom. The van der Waals surface area contributed by atoms with Crippen molar-refractivity contribution in [3.63, 3.8) is 0 Å². The Kier molecular flexibility index (Phi) is 4.53. The number of carboxylic acid groups (broad SMARTS) is 1. The van der Waals surface area contributed by atoms with Crippen LogP contribution in [-0.4, -0.2) is 11.1 Å². The van der Waals surface area contributed by atoms with E-state index in [-0.39, 0.29) is 16.3 Å². The zero-order valence-electron chi connectivity index (χ0n) is 12.2. The fourth-order valence-electron chi connectivity index (χ4n) is 2.26. The van der Waals surface area contributed by atoms with Crippen LogP contribution in [0.5, 0.6) is 11.5 Å². The lowest BCUT2D eigenvalue weighted by Crippen LogP contribution is -2.01. The van der Waals surface area contributed by atoms with Crippen molar-refractivity contribution >= 4 is 17.6 Å². The molecule has 0 spiro atoms. The molecule has 0 bridgehead atoms. The second-order valence-electron chi connectivity index (χ2n) is 5.20. The highest BCUT2D eigenvalue weighted by Gasteiger charge is 2.16.